The number of amides is 1. The number of benzene rings is 2. The Kier molecular flexibility index (Phi) is 6.05. The van der Waals surface area contributed by atoms with E-state index < -0.39 is 6.10 Å². The van der Waals surface area contributed by atoms with Crippen molar-refractivity contribution in [3.8, 4) is 5.75 Å². The third-order valence-corrected chi connectivity index (χ3v) is 6.01. The van der Waals surface area contributed by atoms with Crippen molar-refractivity contribution in [3.05, 3.63) is 53.6 Å². The average molecular weight is 394 g/mol. The van der Waals surface area contributed by atoms with Crippen LogP contribution in [0, 0.1) is 0 Å². The molecule has 1 fully saturated rings. The Morgan fingerprint density at radius 2 is 1.66 bits per heavy atom. The predicted octanol–water partition coefficient (Wildman–Crippen LogP) is 3.72. The van der Waals surface area contributed by atoms with Crippen molar-refractivity contribution in [2.24, 2.45) is 0 Å². The molecule has 0 bridgehead atoms. The van der Waals surface area contributed by atoms with Crippen molar-refractivity contribution in [3.63, 3.8) is 0 Å². The van der Waals surface area contributed by atoms with Crippen LogP contribution in [0.1, 0.15) is 30.9 Å². The fourth-order valence-corrected chi connectivity index (χ4v) is 4.10. The van der Waals surface area contributed by atoms with Crippen molar-refractivity contribution >= 4 is 17.3 Å². The second-order valence-electron chi connectivity index (χ2n) is 8.22. The summed E-state index contributed by atoms with van der Waals surface area (Å²) >= 11 is 0. The molecule has 5 nitrogen and oxygen atoms in total. The molecule has 0 aromatic heterocycles. The van der Waals surface area contributed by atoms with E-state index in [1.807, 2.05) is 18.2 Å². The van der Waals surface area contributed by atoms with Crippen LogP contribution in [0.15, 0.2) is 42.5 Å². The Morgan fingerprint density at radius 3 is 2.38 bits per heavy atom. The van der Waals surface area contributed by atoms with Crippen LogP contribution >= 0.6 is 0 Å². The summed E-state index contributed by atoms with van der Waals surface area (Å²) in [6.45, 7) is 6.03. The van der Waals surface area contributed by atoms with Crippen molar-refractivity contribution in [1.82, 2.24) is 4.90 Å². The first kappa shape index (κ1) is 19.8. The predicted molar refractivity (Wildman–Crippen MR) is 118 cm³/mol. The maximum Gasteiger partial charge on any atom is 0.265 e. The smallest absolute Gasteiger partial charge is 0.265 e. The quantitative estimate of drug-likeness (QED) is 0.841. The number of rotatable bonds is 5. The highest BCUT2D eigenvalue weighted by atomic mass is 16.5. The molecule has 1 heterocycles. The lowest BCUT2D eigenvalue weighted by Crippen LogP contribution is -2.44. The van der Waals surface area contributed by atoms with E-state index in [1.54, 1.807) is 6.92 Å². The van der Waals surface area contributed by atoms with Crippen LogP contribution in [0.25, 0.3) is 0 Å². The van der Waals surface area contributed by atoms with Crippen LogP contribution in [0.3, 0.4) is 0 Å². The van der Waals surface area contributed by atoms with Crippen LogP contribution < -0.4 is 15.0 Å². The summed E-state index contributed by atoms with van der Waals surface area (Å²) in [5.74, 6) is 0.647. The van der Waals surface area contributed by atoms with E-state index >= 15 is 0 Å². The highest BCUT2D eigenvalue weighted by Crippen LogP contribution is 2.26. The molecule has 1 saturated heterocycles. The summed E-state index contributed by atoms with van der Waals surface area (Å²) in [4.78, 5) is 17.3. The van der Waals surface area contributed by atoms with Gasteiger partial charge in [-0.05, 0) is 87.2 Å². The molecule has 1 aliphatic heterocycles. The van der Waals surface area contributed by atoms with Crippen molar-refractivity contribution < 1.29 is 9.53 Å². The number of likely N-dealkylation sites (N-methyl/N-ethyl adjacent to an activating group) is 1. The standard InChI is InChI=1S/C24H31N3O2/c1-18(29-23-12-7-19-5-3-4-6-20(19)17-23)24(28)25-21-8-10-22(11-9-21)27-15-13-26(2)14-16-27/h7-12,17-18H,3-6,13-16H2,1-2H3,(H,25,28)/t18-/m0/s1. The number of fused-ring (bicyclic) bond motifs is 1. The Balaban J connectivity index is 1.32. The van der Waals surface area contributed by atoms with Gasteiger partial charge in [0.25, 0.3) is 5.91 Å². The van der Waals surface area contributed by atoms with Gasteiger partial charge in [0.05, 0.1) is 0 Å². The number of ether oxygens (including phenoxy) is 1. The van der Waals surface area contributed by atoms with Gasteiger partial charge >= 0.3 is 0 Å². The highest BCUT2D eigenvalue weighted by Gasteiger charge is 2.18. The summed E-state index contributed by atoms with van der Waals surface area (Å²) in [6.07, 6.45) is 4.20. The van der Waals surface area contributed by atoms with Gasteiger partial charge in [0, 0.05) is 37.6 Å². The van der Waals surface area contributed by atoms with E-state index in [9.17, 15) is 4.79 Å². The van der Waals surface area contributed by atoms with Gasteiger partial charge in [-0.25, -0.2) is 0 Å². The molecular weight excluding hydrogens is 362 g/mol. The summed E-state index contributed by atoms with van der Waals surface area (Å²) in [5, 5.41) is 2.97. The molecule has 5 heteroatoms. The highest BCUT2D eigenvalue weighted by molar-refractivity contribution is 5.94. The number of nitrogens with one attached hydrogen (secondary N) is 1. The Hall–Kier alpha value is -2.53. The van der Waals surface area contributed by atoms with Gasteiger partial charge in [0.1, 0.15) is 5.75 Å². The molecule has 1 amide bonds. The lowest BCUT2D eigenvalue weighted by molar-refractivity contribution is -0.122. The third-order valence-electron chi connectivity index (χ3n) is 6.01. The minimum absolute atomic E-state index is 0.130. The molecular formula is C24H31N3O2. The number of hydrogen-bond donors (Lipinski definition) is 1. The summed E-state index contributed by atoms with van der Waals surface area (Å²) in [7, 11) is 2.16. The van der Waals surface area contributed by atoms with Gasteiger partial charge in [-0.15, -0.1) is 0 Å². The molecule has 29 heavy (non-hydrogen) atoms. The largest absolute Gasteiger partial charge is 0.481 e. The van der Waals surface area contributed by atoms with Crippen LogP contribution in [0.4, 0.5) is 11.4 Å². The molecule has 0 saturated carbocycles. The van der Waals surface area contributed by atoms with Gasteiger partial charge in [-0.2, -0.15) is 0 Å². The van der Waals surface area contributed by atoms with E-state index in [-0.39, 0.29) is 5.91 Å². The first-order valence-corrected chi connectivity index (χ1v) is 10.7. The number of hydrogen-bond acceptors (Lipinski definition) is 4. The Bertz CT molecular complexity index is 842. The number of aryl methyl sites for hydroxylation is 2. The monoisotopic (exact) mass is 393 g/mol. The van der Waals surface area contributed by atoms with E-state index in [2.05, 4.69) is 46.4 Å². The van der Waals surface area contributed by atoms with Gasteiger partial charge in [0.15, 0.2) is 6.10 Å². The van der Waals surface area contributed by atoms with E-state index in [0.29, 0.717) is 0 Å². The second-order valence-corrected chi connectivity index (χ2v) is 8.22. The second kappa shape index (κ2) is 8.87. The first-order chi connectivity index (χ1) is 14.1. The van der Waals surface area contributed by atoms with Gasteiger partial charge in [0.2, 0.25) is 0 Å². The molecule has 1 atom stereocenters. The molecule has 1 N–H and O–H groups in total. The maximum absolute atomic E-state index is 12.6. The molecule has 2 aliphatic rings. The number of carbonyl (C=O) groups is 1. The van der Waals surface area contributed by atoms with E-state index in [1.165, 1.54) is 29.7 Å². The number of anilines is 2. The van der Waals surface area contributed by atoms with Crippen LogP contribution in [-0.2, 0) is 17.6 Å². The van der Waals surface area contributed by atoms with Crippen molar-refractivity contribution in [2.45, 2.75) is 38.7 Å². The zero-order chi connectivity index (χ0) is 20.2. The summed E-state index contributed by atoms with van der Waals surface area (Å²) in [6, 6.07) is 14.3. The Morgan fingerprint density at radius 1 is 0.966 bits per heavy atom. The fourth-order valence-electron chi connectivity index (χ4n) is 4.10. The minimum Gasteiger partial charge on any atom is -0.481 e. The molecule has 0 unspecified atom stereocenters. The summed E-state index contributed by atoms with van der Waals surface area (Å²) in [5.41, 5.74) is 4.78. The minimum atomic E-state index is -0.547. The van der Waals surface area contributed by atoms with Crippen LogP contribution in [0.2, 0.25) is 0 Å². The number of carbonyl (C=O) groups excluding carboxylic acids is 1. The van der Waals surface area contributed by atoms with Crippen LogP contribution in [0.5, 0.6) is 5.75 Å². The van der Waals surface area contributed by atoms with E-state index in [0.717, 1.165) is 50.5 Å². The van der Waals surface area contributed by atoms with E-state index in [4.69, 9.17) is 4.74 Å². The topological polar surface area (TPSA) is 44.8 Å². The molecule has 2 aromatic rings. The third kappa shape index (κ3) is 4.91. The van der Waals surface area contributed by atoms with Crippen LogP contribution in [-0.4, -0.2) is 50.1 Å². The fraction of sp³-hybridized carbons (Fsp3) is 0.458. The van der Waals surface area contributed by atoms with Crippen molar-refractivity contribution in [1.29, 1.82) is 0 Å². The normalized spacial score (nSPS) is 18.1. The molecule has 1 aliphatic carbocycles. The molecule has 0 radical (unpaired) electrons. The molecule has 0 spiro atoms. The molecule has 2 aromatic carbocycles. The average Bonchev–Trinajstić information content (AvgIpc) is 2.75. The lowest BCUT2D eigenvalue weighted by Gasteiger charge is -2.34. The van der Waals surface area contributed by atoms with Crippen molar-refractivity contribution in [2.75, 3.05) is 43.4 Å². The molecule has 4 rings (SSSR count). The lowest BCUT2D eigenvalue weighted by atomic mass is 9.92. The Labute approximate surface area is 173 Å². The number of piperazine rings is 1. The number of nitrogens with zero attached hydrogens (tertiary/aromatic N) is 2. The zero-order valence-electron chi connectivity index (χ0n) is 17.5. The van der Waals surface area contributed by atoms with Gasteiger partial charge < -0.3 is 19.9 Å². The van der Waals surface area contributed by atoms with Gasteiger partial charge in [-0.3, -0.25) is 4.79 Å². The van der Waals surface area contributed by atoms with Gasteiger partial charge in [-0.1, -0.05) is 6.07 Å². The zero-order valence-corrected chi connectivity index (χ0v) is 17.5. The maximum atomic E-state index is 12.6. The summed E-state index contributed by atoms with van der Waals surface area (Å²) < 4.78 is 5.92. The first-order valence-electron chi connectivity index (χ1n) is 10.7. The molecule has 154 valence electrons. The SMILES string of the molecule is C[C@H](Oc1ccc2c(c1)CCCC2)C(=O)Nc1ccc(N2CCN(C)CC2)cc1.